The Morgan fingerprint density at radius 3 is 2.10 bits per heavy atom. The van der Waals surface area contributed by atoms with Crippen molar-refractivity contribution in [2.45, 2.75) is 58.0 Å². The molecule has 5 nitrogen and oxygen atoms in total. The van der Waals surface area contributed by atoms with Crippen molar-refractivity contribution in [2.24, 2.45) is 23.2 Å². The second kappa shape index (κ2) is 7.99. The van der Waals surface area contributed by atoms with Crippen molar-refractivity contribution in [1.29, 1.82) is 0 Å². The summed E-state index contributed by atoms with van der Waals surface area (Å²) in [5.41, 5.74) is 1.53. The van der Waals surface area contributed by atoms with Gasteiger partial charge in [0.2, 0.25) is 0 Å². The summed E-state index contributed by atoms with van der Waals surface area (Å²) in [4.78, 5) is 29.7. The summed E-state index contributed by atoms with van der Waals surface area (Å²) in [7, 11) is 0. The zero-order valence-corrected chi connectivity index (χ0v) is 18.2. The van der Waals surface area contributed by atoms with Crippen LogP contribution in [0.2, 0.25) is 0 Å². The molecule has 5 aliphatic rings. The first kappa shape index (κ1) is 20.0. The Balaban J connectivity index is 1.13. The number of hydrogen-bond acceptors (Lipinski definition) is 3. The van der Waals surface area contributed by atoms with E-state index < -0.39 is 5.91 Å². The van der Waals surface area contributed by atoms with E-state index in [0.717, 1.165) is 37.4 Å². The number of piperazine rings is 1. The Morgan fingerprint density at radius 2 is 1.53 bits per heavy atom. The molecule has 0 radical (unpaired) electrons. The largest absolute Gasteiger partial charge is 0.345 e. The predicted octanol–water partition coefficient (Wildman–Crippen LogP) is 3.05. The van der Waals surface area contributed by atoms with Gasteiger partial charge in [0.25, 0.3) is 0 Å². The van der Waals surface area contributed by atoms with Crippen LogP contribution >= 0.6 is 0 Å². The van der Waals surface area contributed by atoms with Crippen LogP contribution in [0.3, 0.4) is 0 Å². The lowest BCUT2D eigenvalue weighted by Gasteiger charge is -2.59. The lowest BCUT2D eigenvalue weighted by atomic mass is 9.48. The molecule has 4 bridgehead atoms. The van der Waals surface area contributed by atoms with Gasteiger partial charge in [0.15, 0.2) is 0 Å². The van der Waals surface area contributed by atoms with Gasteiger partial charge in [-0.25, -0.2) is 0 Å². The van der Waals surface area contributed by atoms with E-state index in [4.69, 9.17) is 0 Å². The molecular formula is C25H35N3O2. The Kier molecular flexibility index (Phi) is 5.34. The molecule has 1 atom stereocenters. The molecule has 162 valence electrons. The molecule has 2 amide bonds. The average molecular weight is 410 g/mol. The van der Waals surface area contributed by atoms with Gasteiger partial charge in [-0.2, -0.15) is 0 Å². The van der Waals surface area contributed by atoms with Crippen LogP contribution in [0.1, 0.15) is 51.0 Å². The molecule has 5 fully saturated rings. The first-order valence-electron chi connectivity index (χ1n) is 11.9. The molecular weight excluding hydrogens is 374 g/mol. The van der Waals surface area contributed by atoms with Crippen LogP contribution in [-0.4, -0.2) is 53.8 Å². The molecule has 0 spiro atoms. The fourth-order valence-electron chi connectivity index (χ4n) is 7.21. The molecule has 1 aromatic rings. The van der Waals surface area contributed by atoms with Crippen LogP contribution in [0.25, 0.3) is 0 Å². The topological polar surface area (TPSA) is 52.7 Å². The van der Waals surface area contributed by atoms with Gasteiger partial charge >= 0.3 is 11.8 Å². The van der Waals surface area contributed by atoms with Gasteiger partial charge < -0.3 is 10.2 Å². The first-order valence-corrected chi connectivity index (χ1v) is 11.9. The van der Waals surface area contributed by atoms with E-state index >= 15 is 0 Å². The number of nitrogens with zero attached hydrogens (tertiary/aromatic N) is 2. The summed E-state index contributed by atoms with van der Waals surface area (Å²) in [6, 6.07) is 10.5. The first-order chi connectivity index (χ1) is 14.5. The lowest BCUT2D eigenvalue weighted by Crippen LogP contribution is -2.58. The van der Waals surface area contributed by atoms with Crippen LogP contribution in [0, 0.1) is 23.2 Å². The monoisotopic (exact) mass is 409 g/mol. The summed E-state index contributed by atoms with van der Waals surface area (Å²) in [5.74, 6) is 1.82. The number of carbonyl (C=O) groups is 2. The van der Waals surface area contributed by atoms with Crippen molar-refractivity contribution in [3.63, 3.8) is 0 Å². The van der Waals surface area contributed by atoms with Crippen LogP contribution < -0.4 is 5.32 Å². The summed E-state index contributed by atoms with van der Waals surface area (Å²) < 4.78 is 0. The Morgan fingerprint density at radius 1 is 0.967 bits per heavy atom. The highest BCUT2D eigenvalue weighted by atomic mass is 16.2. The van der Waals surface area contributed by atoms with E-state index in [-0.39, 0.29) is 17.4 Å². The minimum absolute atomic E-state index is 0.0988. The number of benzene rings is 1. The van der Waals surface area contributed by atoms with E-state index in [9.17, 15) is 9.59 Å². The molecule has 1 saturated heterocycles. The average Bonchev–Trinajstić information content (AvgIpc) is 2.73. The maximum atomic E-state index is 12.8. The van der Waals surface area contributed by atoms with E-state index in [1.165, 1.54) is 44.1 Å². The highest BCUT2D eigenvalue weighted by Gasteiger charge is 2.53. The summed E-state index contributed by atoms with van der Waals surface area (Å²) in [6.07, 6.45) is 7.91. The Bertz CT molecular complexity index is 750. The summed E-state index contributed by atoms with van der Waals surface area (Å²) in [5, 5.41) is 3.14. The second-order valence-corrected chi connectivity index (χ2v) is 10.5. The Labute approximate surface area is 180 Å². The molecule has 0 aromatic heterocycles. The van der Waals surface area contributed by atoms with Crippen LogP contribution in [-0.2, 0) is 16.1 Å². The van der Waals surface area contributed by atoms with Crippen LogP contribution in [0.5, 0.6) is 0 Å². The smallest absolute Gasteiger partial charge is 0.311 e. The van der Waals surface area contributed by atoms with Crippen molar-refractivity contribution in [1.82, 2.24) is 15.1 Å². The molecule has 4 aliphatic carbocycles. The molecule has 1 aromatic carbocycles. The number of rotatable bonds is 4. The molecule has 1 N–H and O–H groups in total. The second-order valence-electron chi connectivity index (χ2n) is 10.5. The molecule has 1 unspecified atom stereocenters. The van der Waals surface area contributed by atoms with Gasteiger partial charge in [-0.15, -0.1) is 0 Å². The van der Waals surface area contributed by atoms with Crippen molar-refractivity contribution >= 4 is 11.8 Å². The van der Waals surface area contributed by atoms with E-state index in [2.05, 4.69) is 41.4 Å². The zero-order valence-electron chi connectivity index (χ0n) is 18.2. The molecule has 4 saturated carbocycles. The molecule has 5 heteroatoms. The zero-order chi connectivity index (χ0) is 20.7. The highest BCUT2D eigenvalue weighted by molar-refractivity contribution is 6.35. The van der Waals surface area contributed by atoms with Crippen molar-refractivity contribution in [2.75, 3.05) is 26.2 Å². The van der Waals surface area contributed by atoms with Gasteiger partial charge in [0.1, 0.15) is 0 Å². The van der Waals surface area contributed by atoms with Gasteiger partial charge in [-0.05, 0) is 74.2 Å². The summed E-state index contributed by atoms with van der Waals surface area (Å²) >= 11 is 0. The normalized spacial score (nSPS) is 34.0. The van der Waals surface area contributed by atoms with Gasteiger partial charge in [0, 0.05) is 38.8 Å². The fourth-order valence-corrected chi connectivity index (χ4v) is 7.21. The number of hydrogen-bond donors (Lipinski definition) is 1. The summed E-state index contributed by atoms with van der Waals surface area (Å²) in [6.45, 7) is 5.95. The van der Waals surface area contributed by atoms with E-state index in [1.807, 2.05) is 6.07 Å². The lowest BCUT2D eigenvalue weighted by molar-refractivity contribution is -0.149. The standard InChI is InChI=1S/C25H35N3O2/c1-18(25-14-20-11-21(15-25)13-22(12-20)16-25)26-23(29)24(30)28-9-7-27(8-10-28)17-19-5-3-2-4-6-19/h2-6,18,20-22H,7-17H2,1H3,(H,26,29). The Hall–Kier alpha value is -1.88. The van der Waals surface area contributed by atoms with Crippen molar-refractivity contribution in [3.05, 3.63) is 35.9 Å². The SMILES string of the molecule is CC(NC(=O)C(=O)N1CCN(Cc2ccccc2)CC1)C12CC3CC(CC(C3)C1)C2. The number of nitrogens with one attached hydrogen (secondary N) is 1. The van der Waals surface area contributed by atoms with Crippen LogP contribution in [0.4, 0.5) is 0 Å². The van der Waals surface area contributed by atoms with Gasteiger partial charge in [0.05, 0.1) is 0 Å². The number of amides is 2. The van der Waals surface area contributed by atoms with Crippen molar-refractivity contribution < 1.29 is 9.59 Å². The molecule has 1 heterocycles. The minimum atomic E-state index is -0.394. The number of carbonyl (C=O) groups excluding carboxylic acids is 2. The van der Waals surface area contributed by atoms with Gasteiger partial charge in [-0.3, -0.25) is 14.5 Å². The maximum absolute atomic E-state index is 12.8. The van der Waals surface area contributed by atoms with Gasteiger partial charge in [-0.1, -0.05) is 30.3 Å². The van der Waals surface area contributed by atoms with E-state index in [0.29, 0.717) is 13.1 Å². The minimum Gasteiger partial charge on any atom is -0.345 e. The molecule has 1 aliphatic heterocycles. The van der Waals surface area contributed by atoms with Crippen molar-refractivity contribution in [3.8, 4) is 0 Å². The quantitative estimate of drug-likeness (QED) is 0.778. The maximum Gasteiger partial charge on any atom is 0.311 e. The predicted molar refractivity (Wildman–Crippen MR) is 117 cm³/mol. The third-order valence-corrected chi connectivity index (χ3v) is 8.45. The third-order valence-electron chi connectivity index (χ3n) is 8.45. The highest BCUT2D eigenvalue weighted by Crippen LogP contribution is 2.61. The van der Waals surface area contributed by atoms with Crippen LogP contribution in [0.15, 0.2) is 30.3 Å². The molecule has 30 heavy (non-hydrogen) atoms. The molecule has 6 rings (SSSR count). The fraction of sp³-hybridized carbons (Fsp3) is 0.680. The third kappa shape index (κ3) is 3.89. The van der Waals surface area contributed by atoms with E-state index in [1.54, 1.807) is 4.90 Å².